The number of carbonyl (C=O) groups is 2. The Balaban J connectivity index is 1.13. The van der Waals surface area contributed by atoms with Crippen molar-refractivity contribution in [1.29, 1.82) is 0 Å². The lowest BCUT2D eigenvalue weighted by Gasteiger charge is -2.34. The number of piperazine rings is 1. The van der Waals surface area contributed by atoms with Crippen LogP contribution in [0.4, 0.5) is 11.6 Å². The first-order valence-corrected chi connectivity index (χ1v) is 15.9. The molecule has 3 aromatic rings. The van der Waals surface area contributed by atoms with Crippen LogP contribution in [0.2, 0.25) is 5.02 Å². The summed E-state index contributed by atoms with van der Waals surface area (Å²) in [5.74, 6) is -0.0894. The van der Waals surface area contributed by atoms with E-state index in [0.29, 0.717) is 47.6 Å². The molecule has 6 rings (SSSR count). The number of benzene rings is 2. The number of nitrogens with zero attached hydrogens (tertiary/aromatic N) is 5. The van der Waals surface area contributed by atoms with Gasteiger partial charge in [0, 0.05) is 68.8 Å². The summed E-state index contributed by atoms with van der Waals surface area (Å²) in [5, 5.41) is 16.9. The van der Waals surface area contributed by atoms with Gasteiger partial charge in [-0.25, -0.2) is 9.97 Å². The number of rotatable bonds is 9. The molecule has 1 aromatic heterocycles. The summed E-state index contributed by atoms with van der Waals surface area (Å²) in [6.45, 7) is 6.96. The quantitative estimate of drug-likeness (QED) is 0.326. The van der Waals surface area contributed by atoms with Crippen molar-refractivity contribution in [3.05, 3.63) is 70.4 Å². The number of hydrogen-bond acceptors (Lipinski definition) is 9. The first kappa shape index (κ1) is 31.2. The largest absolute Gasteiger partial charge is 0.394 e. The van der Waals surface area contributed by atoms with Crippen molar-refractivity contribution >= 4 is 35.1 Å². The van der Waals surface area contributed by atoms with Crippen LogP contribution >= 0.6 is 11.6 Å². The average molecular weight is 634 g/mol. The number of fused-ring (bicyclic) bond motifs is 1. The fraction of sp³-hybridized carbons (Fsp3) is 0.455. The standard InChI is InChI=1S/C33H40ClN7O4/c1-21(31(43)37-29(20-42)22-4-3-5-26(16-22)40-12-10-39(2)11-13-40)41-19-24-7-6-23(17-27(24)32(41)44)30-28(34)18-35-33(38-30)36-25-8-14-45-15-9-25/h3-7,16-18,21,25,29,42H,8-15,19-20H2,1-2H3,(H,37,43)(H,35,36,38). The minimum Gasteiger partial charge on any atom is -0.394 e. The number of halogens is 1. The van der Waals surface area contributed by atoms with Crippen LogP contribution in [-0.4, -0.2) is 102 Å². The summed E-state index contributed by atoms with van der Waals surface area (Å²) in [6, 6.07) is 12.4. The van der Waals surface area contributed by atoms with Crippen LogP contribution < -0.4 is 15.5 Å². The molecule has 2 fully saturated rings. The summed E-state index contributed by atoms with van der Waals surface area (Å²) in [5.41, 5.74) is 4.46. The molecular weight excluding hydrogens is 594 g/mol. The molecule has 0 aliphatic carbocycles. The second-order valence-corrected chi connectivity index (χ2v) is 12.4. The van der Waals surface area contributed by atoms with E-state index >= 15 is 0 Å². The number of anilines is 2. The molecule has 0 bridgehead atoms. The van der Waals surface area contributed by atoms with Crippen LogP contribution in [0.25, 0.3) is 11.3 Å². The van der Waals surface area contributed by atoms with E-state index in [4.69, 9.17) is 16.3 Å². The van der Waals surface area contributed by atoms with Gasteiger partial charge in [0.15, 0.2) is 0 Å². The third-order valence-electron chi connectivity index (χ3n) is 9.00. The number of likely N-dealkylation sites (N-methyl/N-ethyl adjacent to an activating group) is 1. The van der Waals surface area contributed by atoms with E-state index in [0.717, 1.165) is 55.8 Å². The van der Waals surface area contributed by atoms with Crippen LogP contribution in [0, 0.1) is 0 Å². The predicted octanol–water partition coefficient (Wildman–Crippen LogP) is 3.33. The average Bonchev–Trinajstić information content (AvgIpc) is 3.40. The predicted molar refractivity (Wildman–Crippen MR) is 173 cm³/mol. The SMILES string of the molecule is CC(C(=O)NC(CO)c1cccc(N2CCN(C)CC2)c1)N1Cc2ccc(-c3nc(NC4CCOCC4)ncc3Cl)cc2C1=O. The van der Waals surface area contributed by atoms with Crippen molar-refractivity contribution in [2.75, 3.05) is 63.3 Å². The maximum absolute atomic E-state index is 13.6. The molecule has 3 aliphatic rings. The first-order valence-electron chi connectivity index (χ1n) is 15.6. The Hall–Kier alpha value is -3.77. The smallest absolute Gasteiger partial charge is 0.255 e. The summed E-state index contributed by atoms with van der Waals surface area (Å²) >= 11 is 6.51. The fourth-order valence-electron chi connectivity index (χ4n) is 6.12. The molecule has 0 saturated carbocycles. The van der Waals surface area contributed by atoms with E-state index in [1.165, 1.54) is 0 Å². The van der Waals surface area contributed by atoms with Crippen molar-refractivity contribution in [3.8, 4) is 11.3 Å². The Bertz CT molecular complexity index is 1540. The lowest BCUT2D eigenvalue weighted by molar-refractivity contribution is -0.126. The normalized spacial score (nSPS) is 18.9. The van der Waals surface area contributed by atoms with E-state index < -0.39 is 12.1 Å². The van der Waals surface area contributed by atoms with E-state index in [1.54, 1.807) is 24.1 Å². The van der Waals surface area contributed by atoms with Crippen LogP contribution in [0.15, 0.2) is 48.7 Å². The molecule has 2 amide bonds. The van der Waals surface area contributed by atoms with Crippen molar-refractivity contribution in [2.45, 2.75) is 44.4 Å². The third-order valence-corrected chi connectivity index (χ3v) is 9.28. The van der Waals surface area contributed by atoms with Gasteiger partial charge < -0.3 is 35.2 Å². The number of amides is 2. The molecule has 2 atom stereocenters. The molecule has 2 unspecified atom stereocenters. The zero-order valence-electron chi connectivity index (χ0n) is 25.7. The molecule has 238 valence electrons. The topological polar surface area (TPSA) is 123 Å². The number of nitrogens with one attached hydrogen (secondary N) is 2. The van der Waals surface area contributed by atoms with Gasteiger partial charge in [-0.2, -0.15) is 0 Å². The van der Waals surface area contributed by atoms with Gasteiger partial charge in [-0.1, -0.05) is 35.9 Å². The minimum atomic E-state index is -0.749. The van der Waals surface area contributed by atoms with E-state index in [2.05, 4.69) is 43.5 Å². The van der Waals surface area contributed by atoms with Crippen molar-refractivity contribution in [2.24, 2.45) is 0 Å². The Morgan fingerprint density at radius 3 is 2.67 bits per heavy atom. The summed E-state index contributed by atoms with van der Waals surface area (Å²) in [6.07, 6.45) is 3.31. The number of ether oxygens (including phenoxy) is 1. The molecule has 11 nitrogen and oxygen atoms in total. The molecule has 12 heteroatoms. The van der Waals surface area contributed by atoms with Crippen LogP contribution in [0.1, 0.15) is 47.3 Å². The van der Waals surface area contributed by atoms with E-state index in [9.17, 15) is 14.7 Å². The molecule has 2 aromatic carbocycles. The number of aliphatic hydroxyl groups is 1. The summed E-state index contributed by atoms with van der Waals surface area (Å²) in [4.78, 5) is 42.2. The minimum absolute atomic E-state index is 0.224. The molecule has 3 aliphatic heterocycles. The van der Waals surface area contributed by atoms with E-state index in [1.807, 2.05) is 30.3 Å². The number of carbonyl (C=O) groups excluding carboxylic acids is 2. The molecular formula is C33H40ClN7O4. The molecule has 0 radical (unpaired) electrons. The monoisotopic (exact) mass is 633 g/mol. The summed E-state index contributed by atoms with van der Waals surface area (Å²) < 4.78 is 5.44. The highest BCUT2D eigenvalue weighted by Gasteiger charge is 2.35. The number of hydrogen-bond donors (Lipinski definition) is 3. The number of aliphatic hydroxyl groups excluding tert-OH is 1. The van der Waals surface area contributed by atoms with Crippen LogP contribution in [0.3, 0.4) is 0 Å². The van der Waals surface area contributed by atoms with Gasteiger partial charge in [0.1, 0.15) is 6.04 Å². The molecule has 0 spiro atoms. The van der Waals surface area contributed by atoms with Crippen LogP contribution in [0.5, 0.6) is 0 Å². The van der Waals surface area contributed by atoms with Gasteiger partial charge in [0.05, 0.1) is 29.6 Å². The van der Waals surface area contributed by atoms with Gasteiger partial charge in [-0.15, -0.1) is 0 Å². The first-order chi connectivity index (χ1) is 21.8. The maximum atomic E-state index is 13.6. The second-order valence-electron chi connectivity index (χ2n) is 12.0. The van der Waals surface area contributed by atoms with Gasteiger partial charge in [0.25, 0.3) is 5.91 Å². The fourth-order valence-corrected chi connectivity index (χ4v) is 6.32. The Morgan fingerprint density at radius 2 is 1.91 bits per heavy atom. The third kappa shape index (κ3) is 6.91. The molecule has 2 saturated heterocycles. The Kier molecular flexibility index (Phi) is 9.50. The summed E-state index contributed by atoms with van der Waals surface area (Å²) in [7, 11) is 2.12. The van der Waals surface area contributed by atoms with Gasteiger partial charge in [-0.3, -0.25) is 9.59 Å². The van der Waals surface area contributed by atoms with Crippen LogP contribution in [-0.2, 0) is 16.1 Å². The van der Waals surface area contributed by atoms with Gasteiger partial charge in [-0.05, 0) is 56.1 Å². The second kappa shape index (κ2) is 13.7. The van der Waals surface area contributed by atoms with Crippen molar-refractivity contribution < 1.29 is 19.4 Å². The molecule has 3 N–H and O–H groups in total. The molecule has 4 heterocycles. The van der Waals surface area contributed by atoms with E-state index in [-0.39, 0.29) is 24.5 Å². The highest BCUT2D eigenvalue weighted by atomic mass is 35.5. The highest BCUT2D eigenvalue weighted by Crippen LogP contribution is 2.33. The number of aromatic nitrogens is 2. The lowest BCUT2D eigenvalue weighted by Crippen LogP contribution is -2.47. The maximum Gasteiger partial charge on any atom is 0.255 e. The van der Waals surface area contributed by atoms with Crippen molar-refractivity contribution in [1.82, 2.24) is 25.1 Å². The van der Waals surface area contributed by atoms with Gasteiger partial charge >= 0.3 is 0 Å². The lowest BCUT2D eigenvalue weighted by atomic mass is 10.0. The van der Waals surface area contributed by atoms with Gasteiger partial charge in [0.2, 0.25) is 11.9 Å². The zero-order chi connectivity index (χ0) is 31.5. The highest BCUT2D eigenvalue weighted by molar-refractivity contribution is 6.33. The molecule has 45 heavy (non-hydrogen) atoms. The Labute approximate surface area is 268 Å². The zero-order valence-corrected chi connectivity index (χ0v) is 26.5. The van der Waals surface area contributed by atoms with Crippen molar-refractivity contribution in [3.63, 3.8) is 0 Å². The Morgan fingerprint density at radius 1 is 1.13 bits per heavy atom.